The van der Waals surface area contributed by atoms with Gasteiger partial charge in [0.25, 0.3) is 0 Å². The highest BCUT2D eigenvalue weighted by atomic mass is 35.5. The highest BCUT2D eigenvalue weighted by Gasteiger charge is 2.32. The van der Waals surface area contributed by atoms with Crippen molar-refractivity contribution in [2.75, 3.05) is 0 Å². The van der Waals surface area contributed by atoms with Crippen LogP contribution >= 0.6 is 11.6 Å². The average Bonchev–Trinajstić information content (AvgIpc) is 3.26. The average molecular weight is 419 g/mol. The minimum atomic E-state index is -0.575. The highest BCUT2D eigenvalue weighted by molar-refractivity contribution is 6.32. The predicted molar refractivity (Wildman–Crippen MR) is 111 cm³/mol. The van der Waals surface area contributed by atoms with Gasteiger partial charge < -0.3 is 19.6 Å². The van der Waals surface area contributed by atoms with E-state index in [2.05, 4.69) is 6.07 Å². The van der Waals surface area contributed by atoms with E-state index in [-0.39, 0.29) is 17.2 Å². The number of halogens is 1. The van der Waals surface area contributed by atoms with E-state index in [9.17, 15) is 10.1 Å². The molecule has 0 bridgehead atoms. The number of carbonyl (C=O) groups excluding carboxylic acids is 1. The predicted octanol–water partition coefficient (Wildman–Crippen LogP) is 4.77. The Morgan fingerprint density at radius 2 is 2.03 bits per heavy atom. The van der Waals surface area contributed by atoms with Crippen LogP contribution in [-0.4, -0.2) is 5.97 Å². The number of carbonyl (C=O) groups is 1. The summed E-state index contributed by atoms with van der Waals surface area (Å²) in [5, 5.41) is 10.0. The molecular formula is C23H15ClN2O4. The molecule has 6 nitrogen and oxygen atoms in total. The first kappa shape index (κ1) is 19.4. The zero-order chi connectivity index (χ0) is 21.1. The molecule has 0 saturated carbocycles. The van der Waals surface area contributed by atoms with Crippen LogP contribution in [0.1, 0.15) is 22.8 Å². The Hall–Kier alpha value is -3.95. The molecule has 0 saturated heterocycles. The number of ether oxygens (including phenoxy) is 2. The monoisotopic (exact) mass is 418 g/mol. The molecule has 1 aliphatic heterocycles. The first-order valence-corrected chi connectivity index (χ1v) is 9.34. The molecule has 30 heavy (non-hydrogen) atoms. The third-order valence-electron chi connectivity index (χ3n) is 4.54. The summed E-state index contributed by atoms with van der Waals surface area (Å²) in [6.45, 7) is 0. The smallest absolute Gasteiger partial charge is 0.336 e. The number of nitrogens with two attached hydrogens (primary N) is 1. The maximum atomic E-state index is 12.2. The quantitative estimate of drug-likeness (QED) is 0.372. The number of hydrogen-bond acceptors (Lipinski definition) is 6. The van der Waals surface area contributed by atoms with E-state index in [4.69, 9.17) is 31.2 Å². The Morgan fingerprint density at radius 3 is 2.77 bits per heavy atom. The van der Waals surface area contributed by atoms with Gasteiger partial charge in [0.15, 0.2) is 0 Å². The van der Waals surface area contributed by atoms with Crippen molar-refractivity contribution in [3.63, 3.8) is 0 Å². The van der Waals surface area contributed by atoms with Crippen molar-refractivity contribution in [1.82, 2.24) is 0 Å². The molecule has 0 spiro atoms. The lowest BCUT2D eigenvalue weighted by Gasteiger charge is -2.25. The summed E-state index contributed by atoms with van der Waals surface area (Å²) < 4.78 is 16.4. The molecule has 1 atom stereocenters. The Morgan fingerprint density at radius 1 is 1.20 bits per heavy atom. The van der Waals surface area contributed by atoms with Gasteiger partial charge in [-0.05, 0) is 35.9 Å². The van der Waals surface area contributed by atoms with Gasteiger partial charge in [-0.3, -0.25) is 0 Å². The number of benzene rings is 2. The van der Waals surface area contributed by atoms with Crippen molar-refractivity contribution in [2.24, 2.45) is 5.73 Å². The van der Waals surface area contributed by atoms with Crippen LogP contribution in [0.4, 0.5) is 0 Å². The van der Waals surface area contributed by atoms with Crippen LogP contribution in [0.15, 0.2) is 82.8 Å². The van der Waals surface area contributed by atoms with Gasteiger partial charge >= 0.3 is 5.97 Å². The van der Waals surface area contributed by atoms with Gasteiger partial charge in [0, 0.05) is 22.7 Å². The fourth-order valence-corrected chi connectivity index (χ4v) is 3.36. The van der Waals surface area contributed by atoms with Crippen LogP contribution in [-0.2, 0) is 4.79 Å². The molecule has 0 radical (unpaired) electrons. The van der Waals surface area contributed by atoms with Gasteiger partial charge in [-0.15, -0.1) is 0 Å². The van der Waals surface area contributed by atoms with E-state index >= 15 is 0 Å². The Labute approximate surface area is 177 Å². The van der Waals surface area contributed by atoms with Crippen molar-refractivity contribution in [2.45, 2.75) is 5.92 Å². The van der Waals surface area contributed by atoms with E-state index in [1.165, 1.54) is 12.3 Å². The van der Waals surface area contributed by atoms with Gasteiger partial charge in [-0.25, -0.2) is 4.79 Å². The summed E-state index contributed by atoms with van der Waals surface area (Å²) in [4.78, 5) is 12.2. The normalized spacial score (nSPS) is 15.4. The summed E-state index contributed by atoms with van der Waals surface area (Å²) in [6.07, 6.45) is 4.39. The molecule has 3 aromatic rings. The number of hydrogen-bond donors (Lipinski definition) is 1. The topological polar surface area (TPSA) is 98.5 Å². The largest absolute Gasteiger partial charge is 0.468 e. The zero-order valence-electron chi connectivity index (χ0n) is 15.5. The maximum absolute atomic E-state index is 12.2. The van der Waals surface area contributed by atoms with Crippen molar-refractivity contribution < 1.29 is 18.7 Å². The minimum Gasteiger partial charge on any atom is -0.468 e. The van der Waals surface area contributed by atoms with Gasteiger partial charge in [0.1, 0.15) is 28.9 Å². The zero-order valence-corrected chi connectivity index (χ0v) is 16.3. The van der Waals surface area contributed by atoms with E-state index in [0.717, 1.165) is 0 Å². The second kappa shape index (κ2) is 8.19. The number of nitriles is 1. The van der Waals surface area contributed by atoms with E-state index < -0.39 is 11.9 Å². The van der Waals surface area contributed by atoms with Gasteiger partial charge in [0.2, 0.25) is 5.88 Å². The van der Waals surface area contributed by atoms with Gasteiger partial charge in [-0.2, -0.15) is 5.26 Å². The van der Waals surface area contributed by atoms with Crippen LogP contribution in [0, 0.1) is 11.3 Å². The fraction of sp³-hybridized carbons (Fsp3) is 0.0435. The highest BCUT2D eigenvalue weighted by Crippen LogP contribution is 2.43. The molecule has 0 amide bonds. The van der Waals surface area contributed by atoms with E-state index in [1.807, 2.05) is 6.07 Å². The summed E-state index contributed by atoms with van der Waals surface area (Å²) in [7, 11) is 0. The van der Waals surface area contributed by atoms with Crippen molar-refractivity contribution in [3.8, 4) is 17.6 Å². The lowest BCUT2D eigenvalue weighted by atomic mass is 9.87. The third kappa shape index (κ3) is 3.79. The number of allylic oxidation sites excluding steroid dienone is 1. The lowest BCUT2D eigenvalue weighted by Crippen LogP contribution is -2.20. The Bertz CT molecular complexity index is 1210. The van der Waals surface area contributed by atoms with Crippen LogP contribution in [0.5, 0.6) is 11.5 Å². The van der Waals surface area contributed by atoms with Crippen molar-refractivity contribution in [3.05, 3.63) is 100 Å². The molecule has 1 aliphatic rings. The fourth-order valence-electron chi connectivity index (χ4n) is 3.17. The van der Waals surface area contributed by atoms with Crippen LogP contribution < -0.4 is 15.2 Å². The molecule has 0 aliphatic carbocycles. The SMILES string of the molecule is N#CC1=C(N)Oc2cc(OC(=O)/C=C/c3ccccc3Cl)ccc2C1c1ccco1. The number of fused-ring (bicyclic) bond motifs is 1. The second-order valence-electron chi connectivity index (χ2n) is 6.42. The molecular weight excluding hydrogens is 404 g/mol. The summed E-state index contributed by atoms with van der Waals surface area (Å²) >= 11 is 6.07. The van der Waals surface area contributed by atoms with Gasteiger partial charge in [-0.1, -0.05) is 35.9 Å². The Kier molecular flexibility index (Phi) is 5.29. The molecule has 7 heteroatoms. The van der Waals surface area contributed by atoms with Crippen LogP contribution in [0.2, 0.25) is 5.02 Å². The van der Waals surface area contributed by atoms with Gasteiger partial charge in [0.05, 0.1) is 12.2 Å². The molecule has 148 valence electrons. The third-order valence-corrected chi connectivity index (χ3v) is 4.89. The second-order valence-corrected chi connectivity index (χ2v) is 6.82. The van der Waals surface area contributed by atoms with Crippen LogP contribution in [0.25, 0.3) is 6.08 Å². The number of rotatable bonds is 4. The first-order valence-electron chi connectivity index (χ1n) is 8.96. The molecule has 2 aromatic carbocycles. The molecule has 0 fully saturated rings. The molecule has 1 aromatic heterocycles. The number of nitrogens with zero attached hydrogens (tertiary/aromatic N) is 1. The van der Waals surface area contributed by atoms with E-state index in [0.29, 0.717) is 27.7 Å². The molecule has 2 N–H and O–H groups in total. The van der Waals surface area contributed by atoms with Crippen molar-refractivity contribution in [1.29, 1.82) is 5.26 Å². The molecule has 1 unspecified atom stereocenters. The molecule has 4 rings (SSSR count). The minimum absolute atomic E-state index is 0.0199. The van der Waals surface area contributed by atoms with Crippen LogP contribution in [0.3, 0.4) is 0 Å². The van der Waals surface area contributed by atoms with E-state index in [1.54, 1.807) is 54.6 Å². The number of furan rings is 1. The maximum Gasteiger partial charge on any atom is 0.336 e. The Balaban J connectivity index is 1.58. The molecule has 2 heterocycles. The summed E-state index contributed by atoms with van der Waals surface area (Å²) in [5.74, 6) is 0.121. The lowest BCUT2D eigenvalue weighted by molar-refractivity contribution is -0.128. The summed E-state index contributed by atoms with van der Waals surface area (Å²) in [6, 6.07) is 17.6. The first-order chi connectivity index (χ1) is 14.6. The summed E-state index contributed by atoms with van der Waals surface area (Å²) in [5.41, 5.74) is 7.58. The standard InChI is InChI=1S/C23H15ClN2O4/c24-18-5-2-1-4-14(18)7-10-21(27)29-15-8-9-16-20(12-15)30-23(26)17(13-25)22(16)19-6-3-11-28-19/h1-12,22H,26H2/b10-7+. The number of esters is 1. The van der Waals surface area contributed by atoms with Crippen molar-refractivity contribution >= 4 is 23.6 Å².